The third-order valence-electron chi connectivity index (χ3n) is 3.29. The van der Waals surface area contributed by atoms with Crippen molar-refractivity contribution < 1.29 is 9.53 Å². The number of fused-ring (bicyclic) bond motifs is 1. The molecule has 0 saturated carbocycles. The van der Waals surface area contributed by atoms with E-state index in [0.717, 1.165) is 25.9 Å². The zero-order chi connectivity index (χ0) is 16.4. The van der Waals surface area contributed by atoms with Gasteiger partial charge in [0.05, 0.1) is 12.0 Å². The van der Waals surface area contributed by atoms with Crippen LogP contribution in [0.1, 0.15) is 22.2 Å². The Hall–Kier alpha value is -1.99. The highest BCUT2D eigenvalue weighted by Crippen LogP contribution is 2.34. The third kappa shape index (κ3) is 3.20. The first kappa shape index (κ1) is 15.9. The number of ether oxygens (including phenoxy) is 1. The molecule has 0 aliphatic carbocycles. The van der Waals surface area contributed by atoms with E-state index in [0.29, 0.717) is 17.3 Å². The number of benzene rings is 1. The molecule has 7 heteroatoms. The summed E-state index contributed by atoms with van der Waals surface area (Å²) >= 11 is 4.74. The van der Waals surface area contributed by atoms with Crippen LogP contribution >= 0.6 is 27.3 Å². The monoisotopic (exact) mass is 391 g/mol. The molecule has 0 saturated heterocycles. The summed E-state index contributed by atoms with van der Waals surface area (Å²) in [6.07, 6.45) is 1.49. The molecule has 0 fully saturated rings. The van der Waals surface area contributed by atoms with Crippen LogP contribution in [0.2, 0.25) is 0 Å². The molecule has 0 aliphatic rings. The fraction of sp³-hybridized carbons (Fsp3) is 0.188. The van der Waals surface area contributed by atoms with E-state index in [4.69, 9.17) is 4.74 Å². The van der Waals surface area contributed by atoms with E-state index in [1.807, 2.05) is 31.2 Å². The van der Waals surface area contributed by atoms with Crippen LogP contribution in [-0.4, -0.2) is 22.5 Å². The Labute approximate surface area is 145 Å². The Bertz CT molecular complexity index is 862. The fourth-order valence-corrected chi connectivity index (χ4v) is 3.53. The smallest absolute Gasteiger partial charge is 0.348 e. The van der Waals surface area contributed by atoms with Gasteiger partial charge in [0.15, 0.2) is 0 Å². The van der Waals surface area contributed by atoms with Crippen LogP contribution in [0, 0.1) is 6.92 Å². The lowest BCUT2D eigenvalue weighted by Gasteiger charge is -2.07. The second-order valence-corrected chi connectivity index (χ2v) is 6.73. The van der Waals surface area contributed by atoms with Gasteiger partial charge in [0.1, 0.15) is 21.9 Å². The summed E-state index contributed by atoms with van der Waals surface area (Å²) in [6, 6.07) is 7.80. The van der Waals surface area contributed by atoms with Gasteiger partial charge in [-0.15, -0.1) is 11.3 Å². The van der Waals surface area contributed by atoms with Gasteiger partial charge in [0.25, 0.3) is 0 Å². The van der Waals surface area contributed by atoms with Gasteiger partial charge >= 0.3 is 5.97 Å². The Balaban J connectivity index is 2.04. The zero-order valence-corrected chi connectivity index (χ0v) is 15.0. The van der Waals surface area contributed by atoms with Crippen LogP contribution in [0.25, 0.3) is 10.2 Å². The molecule has 0 spiro atoms. The number of carbonyl (C=O) groups excluding carboxylic acids is 1. The van der Waals surface area contributed by atoms with E-state index >= 15 is 0 Å². The average Bonchev–Trinajstić information content (AvgIpc) is 2.88. The number of aromatic nitrogens is 2. The molecule has 1 aromatic carbocycles. The normalized spacial score (nSPS) is 10.7. The van der Waals surface area contributed by atoms with Crippen LogP contribution < -0.4 is 5.32 Å². The molecule has 0 amide bonds. The molecule has 0 bridgehead atoms. The van der Waals surface area contributed by atoms with Crippen molar-refractivity contribution in [3.8, 4) is 0 Å². The first-order chi connectivity index (χ1) is 11.1. The predicted molar refractivity (Wildman–Crippen MR) is 95.5 cm³/mol. The molecule has 0 aliphatic heterocycles. The largest absolute Gasteiger partial charge is 0.462 e. The molecule has 3 rings (SSSR count). The summed E-state index contributed by atoms with van der Waals surface area (Å²) < 4.78 is 6.11. The van der Waals surface area contributed by atoms with Crippen LogP contribution in [0.5, 0.6) is 0 Å². The molecule has 2 aromatic heterocycles. The summed E-state index contributed by atoms with van der Waals surface area (Å²) in [5.41, 5.74) is 1.75. The number of hydrogen-bond acceptors (Lipinski definition) is 6. The van der Waals surface area contributed by atoms with Gasteiger partial charge in [-0.2, -0.15) is 0 Å². The third-order valence-corrected chi connectivity index (χ3v) is 5.00. The standard InChI is InChI=1S/C16H14BrN3O2S/c1-3-22-16(21)13-9(2)12-14(18-8-19-15(12)23-13)20-11-6-4-10(17)5-7-11/h4-8H,3H2,1-2H3,(H,18,19,20). The van der Waals surface area contributed by atoms with E-state index in [2.05, 4.69) is 31.2 Å². The molecule has 0 unspecified atom stereocenters. The number of carbonyl (C=O) groups is 1. The molecular formula is C16H14BrN3O2S. The lowest BCUT2D eigenvalue weighted by atomic mass is 10.2. The van der Waals surface area contributed by atoms with Gasteiger partial charge in [0, 0.05) is 10.2 Å². The topological polar surface area (TPSA) is 64.1 Å². The first-order valence-corrected chi connectivity index (χ1v) is 8.65. The van der Waals surface area contributed by atoms with Crippen LogP contribution in [0.4, 0.5) is 11.5 Å². The number of halogens is 1. The van der Waals surface area contributed by atoms with Crippen LogP contribution in [0.15, 0.2) is 35.1 Å². The van der Waals surface area contributed by atoms with Crippen molar-refractivity contribution in [1.29, 1.82) is 0 Å². The molecule has 0 atom stereocenters. The lowest BCUT2D eigenvalue weighted by Crippen LogP contribution is -2.03. The van der Waals surface area contributed by atoms with Crippen molar-refractivity contribution in [3.63, 3.8) is 0 Å². The van der Waals surface area contributed by atoms with Gasteiger partial charge in [-0.3, -0.25) is 0 Å². The van der Waals surface area contributed by atoms with Crippen LogP contribution in [0.3, 0.4) is 0 Å². The molecule has 0 radical (unpaired) electrons. The Kier molecular flexibility index (Phi) is 4.58. The summed E-state index contributed by atoms with van der Waals surface area (Å²) in [6.45, 7) is 4.03. The number of esters is 1. The van der Waals surface area contributed by atoms with E-state index in [-0.39, 0.29) is 5.97 Å². The highest BCUT2D eigenvalue weighted by atomic mass is 79.9. The minimum atomic E-state index is -0.317. The maximum atomic E-state index is 12.1. The maximum absolute atomic E-state index is 12.1. The van der Waals surface area contributed by atoms with E-state index < -0.39 is 0 Å². The lowest BCUT2D eigenvalue weighted by molar-refractivity contribution is 0.0531. The molecule has 5 nitrogen and oxygen atoms in total. The van der Waals surface area contributed by atoms with E-state index in [9.17, 15) is 4.79 Å². The van der Waals surface area contributed by atoms with Crippen LogP contribution in [-0.2, 0) is 4.74 Å². The van der Waals surface area contributed by atoms with Crippen molar-refractivity contribution in [3.05, 3.63) is 45.5 Å². The predicted octanol–water partition coefficient (Wildman–Crippen LogP) is 4.68. The SMILES string of the molecule is CCOC(=O)c1sc2ncnc(Nc3ccc(Br)cc3)c2c1C. The van der Waals surface area contributed by atoms with Gasteiger partial charge in [-0.25, -0.2) is 14.8 Å². The minimum Gasteiger partial charge on any atom is -0.462 e. The fourth-order valence-electron chi connectivity index (χ4n) is 2.23. The molecule has 118 valence electrons. The van der Waals surface area contributed by atoms with Gasteiger partial charge in [-0.05, 0) is 43.7 Å². The quantitative estimate of drug-likeness (QED) is 0.653. The van der Waals surface area contributed by atoms with Gasteiger partial charge in [-0.1, -0.05) is 15.9 Å². The van der Waals surface area contributed by atoms with Crippen molar-refractivity contribution in [2.45, 2.75) is 13.8 Å². The number of rotatable bonds is 4. The number of thiophene rings is 1. The van der Waals surface area contributed by atoms with Crippen molar-refractivity contribution in [1.82, 2.24) is 9.97 Å². The number of nitrogens with zero attached hydrogens (tertiary/aromatic N) is 2. The Morgan fingerprint density at radius 1 is 1.30 bits per heavy atom. The van der Waals surface area contributed by atoms with Crippen molar-refractivity contribution in [2.75, 3.05) is 11.9 Å². The van der Waals surface area contributed by atoms with Crippen molar-refractivity contribution >= 4 is 55.0 Å². The van der Waals surface area contributed by atoms with Gasteiger partial charge < -0.3 is 10.1 Å². The Morgan fingerprint density at radius 2 is 2.04 bits per heavy atom. The summed E-state index contributed by atoms with van der Waals surface area (Å²) in [5, 5.41) is 4.13. The zero-order valence-electron chi connectivity index (χ0n) is 12.6. The molecule has 23 heavy (non-hydrogen) atoms. The molecule has 1 N–H and O–H groups in total. The maximum Gasteiger partial charge on any atom is 0.348 e. The Morgan fingerprint density at radius 3 is 2.74 bits per heavy atom. The summed E-state index contributed by atoms with van der Waals surface area (Å²) in [7, 11) is 0. The summed E-state index contributed by atoms with van der Waals surface area (Å²) in [5.74, 6) is 0.365. The number of hydrogen-bond donors (Lipinski definition) is 1. The highest BCUT2D eigenvalue weighted by Gasteiger charge is 2.20. The second kappa shape index (κ2) is 6.64. The van der Waals surface area contributed by atoms with Crippen molar-refractivity contribution in [2.24, 2.45) is 0 Å². The molecule has 3 aromatic rings. The van der Waals surface area contributed by atoms with Gasteiger partial charge in [0.2, 0.25) is 0 Å². The highest BCUT2D eigenvalue weighted by molar-refractivity contribution is 9.10. The molecular weight excluding hydrogens is 378 g/mol. The number of aryl methyl sites for hydroxylation is 1. The average molecular weight is 392 g/mol. The van der Waals surface area contributed by atoms with E-state index in [1.54, 1.807) is 6.92 Å². The first-order valence-electron chi connectivity index (χ1n) is 7.04. The molecule has 2 heterocycles. The number of nitrogens with one attached hydrogen (secondary N) is 1. The minimum absolute atomic E-state index is 0.317. The summed E-state index contributed by atoms with van der Waals surface area (Å²) in [4.78, 5) is 22.0. The van der Waals surface area contributed by atoms with E-state index in [1.165, 1.54) is 17.7 Å². The number of anilines is 2. The second-order valence-electron chi connectivity index (χ2n) is 4.81.